The zero-order valence-electron chi connectivity index (χ0n) is 16.0. The van der Waals surface area contributed by atoms with Gasteiger partial charge in [0.15, 0.2) is 5.76 Å². The molecule has 7 nitrogen and oxygen atoms in total. The molecule has 0 saturated heterocycles. The zero-order chi connectivity index (χ0) is 20.9. The first-order valence-electron chi connectivity index (χ1n) is 9.08. The second-order valence-corrected chi connectivity index (χ2v) is 7.25. The lowest BCUT2D eigenvalue weighted by molar-refractivity contribution is 0.0468. The van der Waals surface area contributed by atoms with Gasteiger partial charge in [0.1, 0.15) is 11.6 Å². The van der Waals surface area contributed by atoms with Gasteiger partial charge < -0.3 is 14.5 Å². The molecule has 0 saturated carbocycles. The van der Waals surface area contributed by atoms with E-state index in [-0.39, 0.29) is 12.4 Å². The summed E-state index contributed by atoms with van der Waals surface area (Å²) in [7, 11) is 0. The molecule has 0 spiro atoms. The van der Waals surface area contributed by atoms with E-state index in [1.807, 2.05) is 30.5 Å². The Kier molecular flexibility index (Phi) is 5.67. The number of hydrogen-bond donors (Lipinski definition) is 1. The maximum atomic E-state index is 12.5. The van der Waals surface area contributed by atoms with Crippen LogP contribution in [0, 0.1) is 6.92 Å². The summed E-state index contributed by atoms with van der Waals surface area (Å²) < 4.78 is 10.5. The molecule has 0 bridgehead atoms. The van der Waals surface area contributed by atoms with Crippen molar-refractivity contribution in [3.8, 4) is 10.7 Å². The topological polar surface area (TPSA) is 94.3 Å². The molecule has 0 aliphatic carbocycles. The highest BCUT2D eigenvalue weighted by Gasteiger charge is 2.15. The number of esters is 1. The highest BCUT2D eigenvalue weighted by molar-refractivity contribution is 7.13. The van der Waals surface area contributed by atoms with Crippen molar-refractivity contribution in [2.24, 2.45) is 0 Å². The number of nitrogens with zero attached hydrogens (tertiary/aromatic N) is 2. The van der Waals surface area contributed by atoms with Crippen molar-refractivity contribution < 1.29 is 18.7 Å². The Hall–Kier alpha value is -3.78. The largest absolute Gasteiger partial charge is 0.459 e. The van der Waals surface area contributed by atoms with Crippen LogP contribution in [-0.4, -0.2) is 21.8 Å². The molecule has 150 valence electrons. The Morgan fingerprint density at radius 1 is 1.17 bits per heavy atom. The number of thiazole rings is 1. The molecular formula is C22H17N3O4S. The third kappa shape index (κ3) is 4.44. The van der Waals surface area contributed by atoms with Crippen molar-refractivity contribution in [1.29, 1.82) is 0 Å². The predicted octanol–water partition coefficient (Wildman–Crippen LogP) is 4.72. The van der Waals surface area contributed by atoms with Gasteiger partial charge in [-0.2, -0.15) is 0 Å². The van der Waals surface area contributed by atoms with Gasteiger partial charge in [0.25, 0.3) is 5.91 Å². The Morgan fingerprint density at radius 3 is 2.83 bits per heavy atom. The van der Waals surface area contributed by atoms with E-state index >= 15 is 0 Å². The number of nitrogens with one attached hydrogen (secondary N) is 1. The second-order valence-electron chi connectivity index (χ2n) is 6.40. The fourth-order valence-corrected chi connectivity index (χ4v) is 3.46. The number of rotatable bonds is 6. The summed E-state index contributed by atoms with van der Waals surface area (Å²) in [5.74, 6) is -0.705. The molecule has 0 aliphatic heterocycles. The van der Waals surface area contributed by atoms with Crippen LogP contribution in [-0.2, 0) is 11.3 Å². The van der Waals surface area contributed by atoms with Crippen LogP contribution >= 0.6 is 11.3 Å². The van der Waals surface area contributed by atoms with Gasteiger partial charge in [0.2, 0.25) is 0 Å². The number of aromatic nitrogens is 2. The molecule has 1 N–H and O–H groups in total. The Labute approximate surface area is 176 Å². The van der Waals surface area contributed by atoms with Crippen LogP contribution in [0.15, 0.2) is 70.8 Å². The van der Waals surface area contributed by atoms with E-state index in [1.54, 1.807) is 36.5 Å². The van der Waals surface area contributed by atoms with E-state index in [1.165, 1.54) is 17.6 Å². The van der Waals surface area contributed by atoms with Crippen molar-refractivity contribution >= 4 is 28.9 Å². The number of carbonyl (C=O) groups is 2. The van der Waals surface area contributed by atoms with Crippen molar-refractivity contribution in [3.63, 3.8) is 0 Å². The number of benzene rings is 1. The lowest BCUT2D eigenvalue weighted by Crippen LogP contribution is -2.13. The second kappa shape index (κ2) is 8.71. The molecule has 1 amide bonds. The first kappa shape index (κ1) is 19.5. The molecular weight excluding hydrogens is 402 g/mol. The highest BCUT2D eigenvalue weighted by atomic mass is 32.1. The van der Waals surface area contributed by atoms with Gasteiger partial charge in [-0.3, -0.25) is 9.78 Å². The van der Waals surface area contributed by atoms with Gasteiger partial charge in [-0.1, -0.05) is 12.1 Å². The summed E-state index contributed by atoms with van der Waals surface area (Å²) in [4.78, 5) is 33.4. The molecule has 1 aromatic carbocycles. The minimum Gasteiger partial charge on any atom is -0.459 e. The molecule has 4 aromatic rings. The molecule has 0 aliphatic rings. The predicted molar refractivity (Wildman–Crippen MR) is 112 cm³/mol. The number of ether oxygens (including phenoxy) is 1. The lowest BCUT2D eigenvalue weighted by atomic mass is 10.1. The molecule has 3 aromatic heterocycles. The Morgan fingerprint density at radius 2 is 2.07 bits per heavy atom. The quantitative estimate of drug-likeness (QED) is 0.455. The fraction of sp³-hybridized carbons (Fsp3) is 0.0909. The van der Waals surface area contributed by atoms with Crippen molar-refractivity contribution in [2.75, 3.05) is 5.32 Å². The van der Waals surface area contributed by atoms with Crippen molar-refractivity contribution in [1.82, 2.24) is 9.97 Å². The van der Waals surface area contributed by atoms with Crippen LogP contribution in [0.1, 0.15) is 32.2 Å². The number of pyridine rings is 1. The third-order valence-electron chi connectivity index (χ3n) is 4.25. The number of amides is 1. The van der Waals surface area contributed by atoms with E-state index in [0.29, 0.717) is 16.9 Å². The number of hydrogen-bond acceptors (Lipinski definition) is 7. The van der Waals surface area contributed by atoms with Crippen LogP contribution in [0.3, 0.4) is 0 Å². The first-order valence-corrected chi connectivity index (χ1v) is 9.96. The van der Waals surface area contributed by atoms with Gasteiger partial charge in [0, 0.05) is 17.3 Å². The normalized spacial score (nSPS) is 10.6. The van der Waals surface area contributed by atoms with Gasteiger partial charge in [-0.15, -0.1) is 11.3 Å². The molecule has 4 rings (SSSR count). The van der Waals surface area contributed by atoms with E-state index in [9.17, 15) is 9.59 Å². The maximum Gasteiger partial charge on any atom is 0.338 e. The van der Waals surface area contributed by atoms with Crippen LogP contribution < -0.4 is 5.32 Å². The smallest absolute Gasteiger partial charge is 0.338 e. The first-order chi connectivity index (χ1) is 14.6. The number of furan rings is 1. The summed E-state index contributed by atoms with van der Waals surface area (Å²) in [6, 6.07) is 13.8. The van der Waals surface area contributed by atoms with Crippen LogP contribution in [0.5, 0.6) is 0 Å². The summed E-state index contributed by atoms with van der Waals surface area (Å²) in [6.45, 7) is 1.88. The Bertz CT molecular complexity index is 1170. The number of aryl methyl sites for hydroxylation is 1. The van der Waals surface area contributed by atoms with E-state index in [0.717, 1.165) is 16.3 Å². The van der Waals surface area contributed by atoms with E-state index in [4.69, 9.17) is 9.15 Å². The molecule has 8 heteroatoms. The Balaban J connectivity index is 1.41. The number of anilines is 1. The van der Waals surface area contributed by atoms with Gasteiger partial charge in [-0.25, -0.2) is 9.78 Å². The molecule has 0 unspecified atom stereocenters. The summed E-state index contributed by atoms with van der Waals surface area (Å²) >= 11 is 1.44. The van der Waals surface area contributed by atoms with E-state index < -0.39 is 11.9 Å². The minimum atomic E-state index is -0.504. The van der Waals surface area contributed by atoms with Crippen LogP contribution in [0.25, 0.3) is 10.7 Å². The van der Waals surface area contributed by atoms with E-state index in [2.05, 4.69) is 15.3 Å². The van der Waals surface area contributed by atoms with Crippen LogP contribution in [0.2, 0.25) is 0 Å². The average molecular weight is 419 g/mol. The minimum absolute atomic E-state index is 0.0458. The molecule has 30 heavy (non-hydrogen) atoms. The summed E-state index contributed by atoms with van der Waals surface area (Å²) in [5, 5.41) is 5.34. The number of carbonyl (C=O) groups excluding carboxylic acids is 2. The third-order valence-corrected chi connectivity index (χ3v) is 5.17. The van der Waals surface area contributed by atoms with Crippen molar-refractivity contribution in [3.05, 3.63) is 89.0 Å². The van der Waals surface area contributed by atoms with Gasteiger partial charge >= 0.3 is 5.97 Å². The monoisotopic (exact) mass is 419 g/mol. The SMILES string of the molecule is Cc1ccc(C(=O)OCc2csc(-c3ccccn3)n2)cc1NC(=O)c1ccco1. The fourth-order valence-electron chi connectivity index (χ4n) is 2.68. The summed E-state index contributed by atoms with van der Waals surface area (Å²) in [5.41, 5.74) is 3.07. The molecule has 0 fully saturated rings. The standard InChI is InChI=1S/C22H17N3O4S/c1-14-7-8-15(11-18(14)25-20(26)19-6-4-10-28-19)22(27)29-12-16-13-30-21(24-16)17-5-2-3-9-23-17/h2-11,13H,12H2,1H3,(H,25,26). The van der Waals surface area contributed by atoms with Crippen LogP contribution in [0.4, 0.5) is 5.69 Å². The summed E-state index contributed by atoms with van der Waals surface area (Å²) in [6.07, 6.45) is 3.13. The average Bonchev–Trinajstić information content (AvgIpc) is 3.46. The molecule has 0 radical (unpaired) electrons. The highest BCUT2D eigenvalue weighted by Crippen LogP contribution is 2.23. The van der Waals surface area contributed by atoms with Gasteiger partial charge in [-0.05, 0) is 48.9 Å². The molecule has 3 heterocycles. The maximum absolute atomic E-state index is 12.5. The van der Waals surface area contributed by atoms with Crippen molar-refractivity contribution in [2.45, 2.75) is 13.5 Å². The zero-order valence-corrected chi connectivity index (χ0v) is 16.8. The molecule has 0 atom stereocenters. The lowest BCUT2D eigenvalue weighted by Gasteiger charge is -2.09. The van der Waals surface area contributed by atoms with Gasteiger partial charge in [0.05, 0.1) is 23.2 Å².